The second kappa shape index (κ2) is 14.4. The highest BCUT2D eigenvalue weighted by Crippen LogP contribution is 2.28. The highest BCUT2D eigenvalue weighted by atomic mass is 19.1. The van der Waals surface area contributed by atoms with Gasteiger partial charge in [-0.3, -0.25) is 4.79 Å². The molecule has 0 radical (unpaired) electrons. The van der Waals surface area contributed by atoms with Gasteiger partial charge in [-0.25, -0.2) is 8.78 Å². The first kappa shape index (κ1) is 29.7. The molecule has 0 aliphatic carbocycles. The number of carbonyl (C=O) groups excluding carboxylic acids is 1. The summed E-state index contributed by atoms with van der Waals surface area (Å²) < 4.78 is 27.9. The number of aryl methyl sites for hydroxylation is 2. The molecule has 214 valence electrons. The monoisotopic (exact) mass is 549 g/mol. The quantitative estimate of drug-likeness (QED) is 0.261. The molecule has 3 N–H and O–H groups in total. The van der Waals surface area contributed by atoms with Crippen LogP contribution in [0.25, 0.3) is 0 Å². The number of anilines is 1. The van der Waals surface area contributed by atoms with Crippen LogP contribution in [0.2, 0.25) is 0 Å². The van der Waals surface area contributed by atoms with E-state index in [2.05, 4.69) is 41.5 Å². The minimum atomic E-state index is -0.983. The van der Waals surface area contributed by atoms with Gasteiger partial charge in [0.25, 0.3) is 5.91 Å². The third-order valence-electron chi connectivity index (χ3n) is 7.59. The Hall–Kier alpha value is -3.29. The molecule has 0 unspecified atom stereocenters. The number of nitrogens with one attached hydrogen (secondary N) is 2. The zero-order valence-electron chi connectivity index (χ0n) is 23.6. The molecule has 5 nitrogen and oxygen atoms in total. The molecular weight excluding hydrogens is 508 g/mol. The van der Waals surface area contributed by atoms with E-state index in [1.165, 1.54) is 23.3 Å². The molecule has 3 aromatic rings. The summed E-state index contributed by atoms with van der Waals surface area (Å²) in [4.78, 5) is 15.8. The number of nitrogens with zero attached hydrogens (tertiary/aromatic N) is 1. The molecule has 40 heavy (non-hydrogen) atoms. The Morgan fingerprint density at radius 3 is 2.52 bits per heavy atom. The Labute approximate surface area is 236 Å². The molecule has 4 rings (SSSR count). The van der Waals surface area contributed by atoms with Crippen LogP contribution in [0.3, 0.4) is 0 Å². The van der Waals surface area contributed by atoms with E-state index in [1.807, 2.05) is 30.3 Å². The van der Waals surface area contributed by atoms with Gasteiger partial charge in [0.05, 0.1) is 12.1 Å². The van der Waals surface area contributed by atoms with E-state index in [-0.39, 0.29) is 18.9 Å². The second-order valence-electron chi connectivity index (χ2n) is 10.7. The van der Waals surface area contributed by atoms with E-state index in [1.54, 1.807) is 0 Å². The van der Waals surface area contributed by atoms with Crippen molar-refractivity contribution in [3.05, 3.63) is 100 Å². The highest BCUT2D eigenvalue weighted by Gasteiger charge is 2.24. The fraction of sp³-hybridized carbons (Fsp3) is 0.424. The van der Waals surface area contributed by atoms with Gasteiger partial charge in [0.2, 0.25) is 0 Å². The topological polar surface area (TPSA) is 64.6 Å². The largest absolute Gasteiger partial charge is 0.390 e. The summed E-state index contributed by atoms with van der Waals surface area (Å²) in [5, 5.41) is 17.4. The number of hydrogen-bond acceptors (Lipinski definition) is 4. The third-order valence-corrected chi connectivity index (χ3v) is 7.59. The van der Waals surface area contributed by atoms with Crippen LogP contribution >= 0.6 is 0 Å². The number of benzene rings is 3. The molecule has 1 heterocycles. The Kier molecular flexibility index (Phi) is 10.7. The van der Waals surface area contributed by atoms with Crippen molar-refractivity contribution in [1.29, 1.82) is 0 Å². The molecule has 0 bridgehead atoms. The lowest BCUT2D eigenvalue weighted by molar-refractivity contribution is 0.0830. The van der Waals surface area contributed by atoms with Crippen LogP contribution in [-0.2, 0) is 25.8 Å². The summed E-state index contributed by atoms with van der Waals surface area (Å²) in [6, 6.07) is 16.5. The first-order chi connectivity index (χ1) is 19.4. The Bertz CT molecular complexity index is 1260. The predicted octanol–water partition coefficient (Wildman–Crippen LogP) is 5.57. The molecule has 0 fully saturated rings. The van der Waals surface area contributed by atoms with Crippen molar-refractivity contribution in [1.82, 2.24) is 10.6 Å². The number of aliphatic hydroxyl groups excluding tert-OH is 1. The first-order valence-corrected chi connectivity index (χ1v) is 14.5. The number of hydrogen-bond donors (Lipinski definition) is 3. The molecule has 0 spiro atoms. The van der Waals surface area contributed by atoms with Crippen LogP contribution in [0, 0.1) is 11.6 Å². The highest BCUT2D eigenvalue weighted by molar-refractivity contribution is 5.95. The van der Waals surface area contributed by atoms with Gasteiger partial charge in [0.15, 0.2) is 0 Å². The number of fused-ring (bicyclic) bond motifs is 1. The number of amides is 1. The van der Waals surface area contributed by atoms with Crippen LogP contribution in [-0.4, -0.2) is 42.8 Å². The second-order valence-corrected chi connectivity index (χ2v) is 10.7. The van der Waals surface area contributed by atoms with Gasteiger partial charge in [-0.1, -0.05) is 50.6 Å². The average molecular weight is 550 g/mol. The molecule has 1 amide bonds. The SMILES string of the molecule is CCCCN1CCCc2ccc(C(=O)N[C@@H](Cc3cc(F)cc(F)c3)[C@@H](O)CNCc3cccc(CC)c3)cc21. The third kappa shape index (κ3) is 8.12. The lowest BCUT2D eigenvalue weighted by Crippen LogP contribution is -2.48. The lowest BCUT2D eigenvalue weighted by atomic mass is 9.97. The number of rotatable bonds is 13. The molecule has 7 heteroatoms. The van der Waals surface area contributed by atoms with Crippen molar-refractivity contribution in [2.24, 2.45) is 0 Å². The minimum absolute atomic E-state index is 0.0855. The summed E-state index contributed by atoms with van der Waals surface area (Å²) >= 11 is 0. The van der Waals surface area contributed by atoms with Crippen molar-refractivity contribution in [3.63, 3.8) is 0 Å². The van der Waals surface area contributed by atoms with E-state index >= 15 is 0 Å². The smallest absolute Gasteiger partial charge is 0.251 e. The van der Waals surface area contributed by atoms with E-state index in [0.717, 1.165) is 62.5 Å². The predicted molar refractivity (Wildman–Crippen MR) is 157 cm³/mol. The van der Waals surface area contributed by atoms with Crippen molar-refractivity contribution in [2.45, 2.75) is 71.1 Å². The lowest BCUT2D eigenvalue weighted by Gasteiger charge is -2.32. The van der Waals surface area contributed by atoms with Crippen LogP contribution in [0.5, 0.6) is 0 Å². The Morgan fingerprint density at radius 2 is 1.77 bits per heavy atom. The molecule has 1 aliphatic rings. The normalized spacial score (nSPS) is 14.5. The number of aliphatic hydroxyl groups is 1. The van der Waals surface area contributed by atoms with Gasteiger partial charge < -0.3 is 20.6 Å². The Balaban J connectivity index is 1.49. The van der Waals surface area contributed by atoms with Crippen LogP contribution < -0.4 is 15.5 Å². The minimum Gasteiger partial charge on any atom is -0.390 e. The zero-order valence-corrected chi connectivity index (χ0v) is 23.6. The summed E-state index contributed by atoms with van der Waals surface area (Å²) in [6.45, 7) is 6.95. The summed E-state index contributed by atoms with van der Waals surface area (Å²) in [7, 11) is 0. The van der Waals surface area contributed by atoms with Gasteiger partial charge in [-0.05, 0) is 78.6 Å². The van der Waals surface area contributed by atoms with Gasteiger partial charge in [-0.2, -0.15) is 0 Å². The number of halogens is 2. The van der Waals surface area contributed by atoms with Gasteiger partial charge in [0, 0.05) is 43.5 Å². The van der Waals surface area contributed by atoms with Gasteiger partial charge in [0.1, 0.15) is 11.6 Å². The van der Waals surface area contributed by atoms with Crippen molar-refractivity contribution in [3.8, 4) is 0 Å². The number of carbonyl (C=O) groups is 1. The molecule has 1 aliphatic heterocycles. The van der Waals surface area contributed by atoms with E-state index in [4.69, 9.17) is 0 Å². The van der Waals surface area contributed by atoms with E-state index < -0.39 is 23.8 Å². The van der Waals surface area contributed by atoms with Gasteiger partial charge >= 0.3 is 0 Å². The molecule has 0 saturated heterocycles. The maximum atomic E-state index is 13.9. The fourth-order valence-electron chi connectivity index (χ4n) is 5.36. The maximum Gasteiger partial charge on any atom is 0.251 e. The van der Waals surface area contributed by atoms with Crippen molar-refractivity contribution in [2.75, 3.05) is 24.5 Å². The van der Waals surface area contributed by atoms with Crippen molar-refractivity contribution >= 4 is 11.6 Å². The standard InChI is InChI=1S/C33H41F2N3O2/c1-3-5-13-38-14-7-10-26-11-12-27(19-31(26)38)33(40)37-30(18-25-16-28(34)20-29(35)17-25)32(39)22-36-21-24-9-6-8-23(4-2)15-24/h6,8-9,11-12,15-17,19-20,30,32,36,39H,3-5,7,10,13-14,18,21-22H2,1-2H3,(H,37,40)/t30-,32-/m0/s1. The molecule has 0 aromatic heterocycles. The van der Waals surface area contributed by atoms with Crippen LogP contribution in [0.1, 0.15) is 65.7 Å². The first-order valence-electron chi connectivity index (χ1n) is 14.5. The molecule has 2 atom stereocenters. The Morgan fingerprint density at radius 1 is 1.00 bits per heavy atom. The number of unbranched alkanes of at least 4 members (excludes halogenated alkanes) is 1. The molecular formula is C33H41F2N3O2. The van der Waals surface area contributed by atoms with Crippen LogP contribution in [0.4, 0.5) is 14.5 Å². The molecule has 3 aromatic carbocycles. The summed E-state index contributed by atoms with van der Waals surface area (Å²) in [5.41, 5.74) is 5.54. The zero-order chi connectivity index (χ0) is 28.5. The summed E-state index contributed by atoms with van der Waals surface area (Å²) in [6.07, 6.45) is 4.31. The fourth-order valence-corrected chi connectivity index (χ4v) is 5.36. The van der Waals surface area contributed by atoms with Crippen molar-refractivity contribution < 1.29 is 18.7 Å². The van der Waals surface area contributed by atoms with Crippen LogP contribution in [0.15, 0.2) is 60.7 Å². The van der Waals surface area contributed by atoms with E-state index in [9.17, 15) is 18.7 Å². The van der Waals surface area contributed by atoms with E-state index in [0.29, 0.717) is 17.7 Å². The average Bonchev–Trinajstić information content (AvgIpc) is 2.95. The molecule has 0 saturated carbocycles. The van der Waals surface area contributed by atoms with Gasteiger partial charge in [-0.15, -0.1) is 0 Å². The maximum absolute atomic E-state index is 13.9. The summed E-state index contributed by atoms with van der Waals surface area (Å²) in [5.74, 6) is -1.70.